The van der Waals surface area contributed by atoms with Crippen molar-refractivity contribution in [2.24, 2.45) is 0 Å². The molecule has 0 saturated heterocycles. The van der Waals surface area contributed by atoms with Gasteiger partial charge in [-0.25, -0.2) is 4.79 Å². The number of hydrogen-bond donors (Lipinski definition) is 1. The number of nitrogens with one attached hydrogen (secondary N) is 1. The Hall–Kier alpha value is -0.520. The van der Waals surface area contributed by atoms with Crippen LogP contribution in [0.25, 0.3) is 0 Å². The van der Waals surface area contributed by atoms with Crippen LogP contribution in [0.15, 0.2) is 22.7 Å². The average Bonchev–Trinajstić information content (AvgIpc) is 2.97. The van der Waals surface area contributed by atoms with Crippen LogP contribution < -0.4 is 5.32 Å². The van der Waals surface area contributed by atoms with E-state index in [1.807, 2.05) is 30.0 Å². The van der Waals surface area contributed by atoms with Gasteiger partial charge in [-0.3, -0.25) is 0 Å². The Labute approximate surface area is 139 Å². The van der Waals surface area contributed by atoms with E-state index in [0.29, 0.717) is 10.3 Å². The highest BCUT2D eigenvalue weighted by Gasteiger charge is 2.32. The second-order valence-electron chi connectivity index (χ2n) is 5.50. The molecule has 0 radical (unpaired) electrons. The molecule has 1 saturated carbocycles. The molecule has 0 bridgehead atoms. The average molecular weight is 372 g/mol. The third kappa shape index (κ3) is 4.24. The molecule has 1 fully saturated rings. The molecule has 5 heteroatoms. The van der Waals surface area contributed by atoms with Crippen LogP contribution in [0.4, 0.5) is 0 Å². The fourth-order valence-corrected chi connectivity index (χ4v) is 4.30. The molecule has 1 aromatic carbocycles. The lowest BCUT2D eigenvalue weighted by atomic mass is 10.1. The van der Waals surface area contributed by atoms with Gasteiger partial charge >= 0.3 is 5.97 Å². The maximum atomic E-state index is 11.5. The zero-order valence-electron chi connectivity index (χ0n) is 12.6. The van der Waals surface area contributed by atoms with Crippen LogP contribution >= 0.6 is 27.7 Å². The van der Waals surface area contributed by atoms with Crippen LogP contribution in [0, 0.1) is 0 Å². The largest absolute Gasteiger partial charge is 0.465 e. The first-order chi connectivity index (χ1) is 10.1. The molecule has 1 aliphatic rings. The molecule has 0 aliphatic heterocycles. The molecular formula is C16H22BrNO2S. The Kier molecular flexibility index (Phi) is 6.14. The first kappa shape index (κ1) is 16.8. The summed E-state index contributed by atoms with van der Waals surface area (Å²) in [5, 5.41) is 3.57. The third-order valence-corrected chi connectivity index (χ3v) is 6.34. The summed E-state index contributed by atoms with van der Waals surface area (Å²) in [5.41, 5.74) is 1.74. The minimum Gasteiger partial charge on any atom is -0.465 e. The van der Waals surface area contributed by atoms with Gasteiger partial charge in [-0.15, -0.1) is 0 Å². The van der Waals surface area contributed by atoms with Crippen molar-refractivity contribution in [3.8, 4) is 0 Å². The molecule has 0 aromatic heterocycles. The Morgan fingerprint density at radius 1 is 1.43 bits per heavy atom. The molecule has 0 heterocycles. The van der Waals surface area contributed by atoms with Gasteiger partial charge in [0, 0.05) is 22.3 Å². The highest BCUT2D eigenvalue weighted by atomic mass is 79.9. The predicted octanol–water partition coefficient (Wildman–Crippen LogP) is 4.00. The minimum absolute atomic E-state index is 0.303. The van der Waals surface area contributed by atoms with Crippen LogP contribution in [0.3, 0.4) is 0 Å². The smallest absolute Gasteiger partial charge is 0.337 e. The van der Waals surface area contributed by atoms with Crippen molar-refractivity contribution in [1.82, 2.24) is 5.32 Å². The van der Waals surface area contributed by atoms with Crippen molar-refractivity contribution in [3.63, 3.8) is 0 Å². The normalized spacial score (nSPS) is 16.9. The standard InChI is InChI=1S/C16H22BrNO2S/c1-20-15(19)12-5-6-13(14(17)9-12)10-18-11-16(21-2)7-3-4-8-16/h5-6,9,18H,3-4,7-8,10-11H2,1-2H3. The number of methoxy groups -OCH3 is 1. The molecule has 0 atom stereocenters. The fourth-order valence-electron chi connectivity index (χ4n) is 2.83. The number of esters is 1. The minimum atomic E-state index is -0.303. The Bertz CT molecular complexity index is 501. The Morgan fingerprint density at radius 2 is 2.14 bits per heavy atom. The Morgan fingerprint density at radius 3 is 2.71 bits per heavy atom. The number of carbonyl (C=O) groups excluding carboxylic acids is 1. The SMILES string of the molecule is COC(=O)c1ccc(CNCC2(SC)CCCC2)c(Br)c1. The van der Waals surface area contributed by atoms with E-state index in [0.717, 1.165) is 23.1 Å². The summed E-state index contributed by atoms with van der Waals surface area (Å²) in [6.07, 6.45) is 7.53. The fraction of sp³-hybridized carbons (Fsp3) is 0.562. The topological polar surface area (TPSA) is 38.3 Å². The zero-order valence-corrected chi connectivity index (χ0v) is 15.0. The van der Waals surface area contributed by atoms with Gasteiger partial charge in [0.2, 0.25) is 0 Å². The van der Waals surface area contributed by atoms with Crippen LogP contribution in [-0.2, 0) is 11.3 Å². The summed E-state index contributed by atoms with van der Waals surface area (Å²) in [5.74, 6) is -0.303. The number of carbonyl (C=O) groups is 1. The zero-order chi connectivity index (χ0) is 15.3. The summed E-state index contributed by atoms with van der Waals surface area (Å²) in [6, 6.07) is 5.61. The second-order valence-corrected chi connectivity index (χ2v) is 7.62. The molecule has 2 rings (SSSR count). The van der Waals surface area contributed by atoms with Gasteiger partial charge in [0.25, 0.3) is 0 Å². The highest BCUT2D eigenvalue weighted by Crippen LogP contribution is 2.39. The Balaban J connectivity index is 1.93. The number of hydrogen-bond acceptors (Lipinski definition) is 4. The van der Waals surface area contributed by atoms with Crippen LogP contribution in [0.2, 0.25) is 0 Å². The van der Waals surface area contributed by atoms with E-state index in [1.165, 1.54) is 32.8 Å². The van der Waals surface area contributed by atoms with Gasteiger partial charge in [0.15, 0.2) is 0 Å². The van der Waals surface area contributed by atoms with Gasteiger partial charge in [0.1, 0.15) is 0 Å². The van der Waals surface area contributed by atoms with Gasteiger partial charge in [0.05, 0.1) is 12.7 Å². The van der Waals surface area contributed by atoms with Crippen molar-refractivity contribution in [3.05, 3.63) is 33.8 Å². The first-order valence-electron chi connectivity index (χ1n) is 7.23. The van der Waals surface area contributed by atoms with Gasteiger partial charge in [-0.2, -0.15) is 11.8 Å². The quantitative estimate of drug-likeness (QED) is 0.766. The lowest BCUT2D eigenvalue weighted by molar-refractivity contribution is 0.0600. The summed E-state index contributed by atoms with van der Waals surface area (Å²) in [4.78, 5) is 11.5. The van der Waals surface area contributed by atoms with E-state index in [2.05, 4.69) is 27.5 Å². The maximum Gasteiger partial charge on any atom is 0.337 e. The van der Waals surface area contributed by atoms with E-state index in [-0.39, 0.29) is 5.97 Å². The van der Waals surface area contributed by atoms with Crippen molar-refractivity contribution in [2.45, 2.75) is 37.0 Å². The van der Waals surface area contributed by atoms with E-state index in [9.17, 15) is 4.79 Å². The molecule has 21 heavy (non-hydrogen) atoms. The molecule has 1 aromatic rings. The summed E-state index contributed by atoms with van der Waals surface area (Å²) < 4.78 is 6.09. The molecular weight excluding hydrogens is 350 g/mol. The van der Waals surface area contributed by atoms with Gasteiger partial charge < -0.3 is 10.1 Å². The molecule has 0 unspecified atom stereocenters. The highest BCUT2D eigenvalue weighted by molar-refractivity contribution is 9.10. The van der Waals surface area contributed by atoms with Crippen molar-refractivity contribution >= 4 is 33.7 Å². The maximum absolute atomic E-state index is 11.5. The van der Waals surface area contributed by atoms with Gasteiger partial charge in [-0.05, 0) is 36.8 Å². The van der Waals surface area contributed by atoms with Gasteiger partial charge in [-0.1, -0.05) is 34.8 Å². The summed E-state index contributed by atoms with van der Waals surface area (Å²) in [6.45, 7) is 1.85. The lowest BCUT2D eigenvalue weighted by Gasteiger charge is -2.27. The number of benzene rings is 1. The number of halogens is 1. The lowest BCUT2D eigenvalue weighted by Crippen LogP contribution is -2.34. The molecule has 1 aliphatic carbocycles. The summed E-state index contributed by atoms with van der Waals surface area (Å²) in [7, 11) is 1.40. The van der Waals surface area contributed by atoms with Crippen molar-refractivity contribution in [1.29, 1.82) is 0 Å². The van der Waals surface area contributed by atoms with Crippen LogP contribution in [0.5, 0.6) is 0 Å². The van der Waals surface area contributed by atoms with Crippen molar-refractivity contribution < 1.29 is 9.53 Å². The summed E-state index contributed by atoms with van der Waals surface area (Å²) >= 11 is 5.53. The second kappa shape index (κ2) is 7.65. The number of rotatable bonds is 6. The first-order valence-corrected chi connectivity index (χ1v) is 9.24. The van der Waals surface area contributed by atoms with Crippen molar-refractivity contribution in [2.75, 3.05) is 19.9 Å². The van der Waals surface area contributed by atoms with E-state index in [1.54, 1.807) is 0 Å². The van der Waals surface area contributed by atoms with Crippen LogP contribution in [0.1, 0.15) is 41.6 Å². The van der Waals surface area contributed by atoms with E-state index < -0.39 is 0 Å². The molecule has 3 nitrogen and oxygen atoms in total. The number of ether oxygens (including phenoxy) is 1. The van der Waals surface area contributed by atoms with E-state index in [4.69, 9.17) is 4.74 Å². The molecule has 0 amide bonds. The van der Waals surface area contributed by atoms with Crippen LogP contribution in [-0.4, -0.2) is 30.6 Å². The molecule has 116 valence electrons. The monoisotopic (exact) mass is 371 g/mol. The molecule has 0 spiro atoms. The third-order valence-electron chi connectivity index (χ3n) is 4.18. The molecule has 1 N–H and O–H groups in total. The number of thioether (sulfide) groups is 1. The van der Waals surface area contributed by atoms with E-state index >= 15 is 0 Å². The predicted molar refractivity (Wildman–Crippen MR) is 91.9 cm³/mol.